The minimum atomic E-state index is -0.103. The highest BCUT2D eigenvalue weighted by Gasteiger charge is 2.18. The summed E-state index contributed by atoms with van der Waals surface area (Å²) in [5.41, 5.74) is 1.13. The second-order valence-electron chi connectivity index (χ2n) is 5.07. The molecule has 0 amide bonds. The Morgan fingerprint density at radius 3 is 2.55 bits per heavy atom. The van der Waals surface area contributed by atoms with Crippen molar-refractivity contribution < 1.29 is 5.11 Å². The van der Waals surface area contributed by atoms with Crippen LogP contribution in [0.15, 0.2) is 40.6 Å². The fourth-order valence-corrected chi connectivity index (χ4v) is 3.12. The van der Waals surface area contributed by atoms with E-state index in [4.69, 9.17) is 0 Å². The molecule has 0 radical (unpaired) electrons. The number of aromatic amines is 1. The number of nitrogens with one attached hydrogen (secondary N) is 2. The molecule has 0 aliphatic heterocycles. The fourth-order valence-electron chi connectivity index (χ4n) is 2.43. The lowest BCUT2D eigenvalue weighted by Crippen LogP contribution is -2.28. The maximum Gasteiger partial charge on any atom is 0.188 e. The molecular weight excluding hydrogens is 272 g/mol. The third kappa shape index (κ3) is 3.52. The Morgan fingerprint density at radius 2 is 1.90 bits per heavy atom. The quantitative estimate of drug-likeness (QED) is 0.807. The van der Waals surface area contributed by atoms with Gasteiger partial charge in [0.1, 0.15) is 6.33 Å². The van der Waals surface area contributed by atoms with Gasteiger partial charge in [-0.15, -0.1) is 0 Å². The predicted octanol–water partition coefficient (Wildman–Crippen LogP) is 2.67. The average Bonchev–Trinajstić information content (AvgIpc) is 2.96. The molecule has 6 heteroatoms. The van der Waals surface area contributed by atoms with Gasteiger partial charge < -0.3 is 10.4 Å². The van der Waals surface area contributed by atoms with Crippen molar-refractivity contribution in [2.45, 2.75) is 47.9 Å². The largest absolute Gasteiger partial charge is 0.393 e. The van der Waals surface area contributed by atoms with Gasteiger partial charge in [0.25, 0.3) is 0 Å². The van der Waals surface area contributed by atoms with Crippen molar-refractivity contribution in [3.63, 3.8) is 0 Å². The molecule has 1 heterocycles. The van der Waals surface area contributed by atoms with Crippen molar-refractivity contribution in [1.29, 1.82) is 0 Å². The molecular formula is C14H18N4OS. The topological polar surface area (TPSA) is 73.8 Å². The van der Waals surface area contributed by atoms with Crippen molar-refractivity contribution in [2.24, 2.45) is 0 Å². The predicted molar refractivity (Wildman–Crippen MR) is 78.8 cm³/mol. The number of nitrogens with zero attached hydrogens (tertiary/aromatic N) is 2. The molecule has 1 aliphatic carbocycles. The van der Waals surface area contributed by atoms with Gasteiger partial charge in [0.05, 0.1) is 6.10 Å². The number of aliphatic hydroxyl groups is 1. The molecule has 1 aromatic heterocycles. The molecule has 1 aliphatic rings. The summed E-state index contributed by atoms with van der Waals surface area (Å²) in [4.78, 5) is 5.22. The summed E-state index contributed by atoms with van der Waals surface area (Å²) < 4.78 is 0. The zero-order valence-corrected chi connectivity index (χ0v) is 11.9. The number of aliphatic hydroxyl groups excluding tert-OH is 1. The van der Waals surface area contributed by atoms with E-state index in [-0.39, 0.29) is 6.10 Å². The Labute approximate surface area is 122 Å². The summed E-state index contributed by atoms with van der Waals surface area (Å²) in [5, 5.41) is 20.5. The molecule has 106 valence electrons. The Morgan fingerprint density at radius 1 is 1.15 bits per heavy atom. The Bertz CT molecular complexity index is 521. The van der Waals surface area contributed by atoms with Crippen molar-refractivity contribution in [1.82, 2.24) is 15.2 Å². The van der Waals surface area contributed by atoms with Crippen molar-refractivity contribution in [3.8, 4) is 0 Å². The average molecular weight is 290 g/mol. The maximum atomic E-state index is 9.51. The second kappa shape index (κ2) is 6.28. The first kappa shape index (κ1) is 13.5. The van der Waals surface area contributed by atoms with Gasteiger partial charge in [0, 0.05) is 16.6 Å². The molecule has 0 bridgehead atoms. The highest BCUT2D eigenvalue weighted by molar-refractivity contribution is 7.99. The second-order valence-corrected chi connectivity index (χ2v) is 6.13. The van der Waals surface area contributed by atoms with E-state index in [0.29, 0.717) is 6.04 Å². The summed E-state index contributed by atoms with van der Waals surface area (Å²) in [6.07, 6.45) is 5.28. The monoisotopic (exact) mass is 290 g/mol. The maximum absolute atomic E-state index is 9.51. The summed E-state index contributed by atoms with van der Waals surface area (Å²) in [6, 6.07) is 8.81. The molecule has 1 fully saturated rings. The van der Waals surface area contributed by atoms with Crippen LogP contribution in [0.5, 0.6) is 0 Å². The van der Waals surface area contributed by atoms with E-state index in [1.54, 1.807) is 11.8 Å². The lowest BCUT2D eigenvalue weighted by molar-refractivity contribution is 0.126. The third-order valence-corrected chi connectivity index (χ3v) is 4.43. The lowest BCUT2D eigenvalue weighted by Gasteiger charge is -2.27. The molecule has 20 heavy (non-hydrogen) atoms. The SMILES string of the molecule is OC1CCC(Nc2ccc(Sc3ncn[nH]3)cc2)CC1. The minimum Gasteiger partial charge on any atom is -0.393 e. The highest BCUT2D eigenvalue weighted by atomic mass is 32.2. The zero-order valence-electron chi connectivity index (χ0n) is 11.1. The summed E-state index contributed by atoms with van der Waals surface area (Å²) >= 11 is 1.56. The van der Waals surface area contributed by atoms with Crippen LogP contribution in [0.4, 0.5) is 5.69 Å². The van der Waals surface area contributed by atoms with Gasteiger partial charge in [0.2, 0.25) is 0 Å². The zero-order chi connectivity index (χ0) is 13.8. The van der Waals surface area contributed by atoms with Crippen LogP contribution in [0.1, 0.15) is 25.7 Å². The third-order valence-electron chi connectivity index (χ3n) is 3.53. The molecule has 5 nitrogen and oxygen atoms in total. The number of rotatable bonds is 4. The fraction of sp³-hybridized carbons (Fsp3) is 0.429. The Kier molecular flexibility index (Phi) is 4.22. The van der Waals surface area contributed by atoms with E-state index in [1.807, 2.05) is 0 Å². The van der Waals surface area contributed by atoms with E-state index in [2.05, 4.69) is 44.8 Å². The van der Waals surface area contributed by atoms with Gasteiger partial charge in [0.15, 0.2) is 5.16 Å². The normalized spacial score (nSPS) is 22.6. The summed E-state index contributed by atoms with van der Waals surface area (Å²) in [7, 11) is 0. The molecule has 0 atom stereocenters. The molecule has 0 unspecified atom stereocenters. The van der Waals surface area contributed by atoms with Crippen LogP contribution in [-0.2, 0) is 0 Å². The number of hydrogen-bond acceptors (Lipinski definition) is 5. The first-order chi connectivity index (χ1) is 9.79. The van der Waals surface area contributed by atoms with E-state index in [9.17, 15) is 5.11 Å². The molecule has 1 aromatic carbocycles. The summed E-state index contributed by atoms with van der Waals surface area (Å²) in [6.45, 7) is 0. The Hall–Kier alpha value is -1.53. The van der Waals surface area contributed by atoms with Crippen molar-refractivity contribution >= 4 is 17.4 Å². The van der Waals surface area contributed by atoms with Crippen LogP contribution >= 0.6 is 11.8 Å². The number of aromatic nitrogens is 3. The van der Waals surface area contributed by atoms with Crippen LogP contribution in [0.3, 0.4) is 0 Å². The van der Waals surface area contributed by atoms with Gasteiger partial charge >= 0.3 is 0 Å². The molecule has 0 saturated heterocycles. The van der Waals surface area contributed by atoms with Gasteiger partial charge in [-0.1, -0.05) is 11.8 Å². The molecule has 3 rings (SSSR count). The number of anilines is 1. The van der Waals surface area contributed by atoms with E-state index < -0.39 is 0 Å². The van der Waals surface area contributed by atoms with Gasteiger partial charge in [-0.25, -0.2) is 4.98 Å². The number of H-pyrrole nitrogens is 1. The first-order valence-corrected chi connectivity index (χ1v) is 7.69. The molecule has 2 aromatic rings. The minimum absolute atomic E-state index is 0.103. The number of hydrogen-bond donors (Lipinski definition) is 3. The smallest absolute Gasteiger partial charge is 0.188 e. The van der Waals surface area contributed by atoms with Crippen LogP contribution < -0.4 is 5.32 Å². The lowest BCUT2D eigenvalue weighted by atomic mass is 9.93. The van der Waals surface area contributed by atoms with Crippen LogP contribution in [-0.4, -0.2) is 32.4 Å². The standard InChI is InChI=1S/C14H18N4OS/c19-12-5-1-10(2-6-12)17-11-3-7-13(8-4-11)20-14-15-9-16-18-14/h3-4,7-10,12,17,19H,1-2,5-6H2,(H,15,16,18). The number of benzene rings is 1. The van der Waals surface area contributed by atoms with Crippen LogP contribution in [0.25, 0.3) is 0 Å². The van der Waals surface area contributed by atoms with Crippen molar-refractivity contribution in [3.05, 3.63) is 30.6 Å². The van der Waals surface area contributed by atoms with Gasteiger partial charge in [-0.3, -0.25) is 5.10 Å². The van der Waals surface area contributed by atoms with Crippen LogP contribution in [0.2, 0.25) is 0 Å². The highest BCUT2D eigenvalue weighted by Crippen LogP contribution is 2.27. The van der Waals surface area contributed by atoms with E-state index in [0.717, 1.165) is 41.4 Å². The summed E-state index contributed by atoms with van der Waals surface area (Å²) in [5.74, 6) is 0. The Balaban J connectivity index is 1.56. The van der Waals surface area contributed by atoms with Crippen molar-refractivity contribution in [2.75, 3.05) is 5.32 Å². The molecule has 1 saturated carbocycles. The van der Waals surface area contributed by atoms with Gasteiger partial charge in [-0.05, 0) is 49.9 Å². The van der Waals surface area contributed by atoms with Gasteiger partial charge in [-0.2, -0.15) is 5.10 Å². The van der Waals surface area contributed by atoms with E-state index >= 15 is 0 Å². The molecule has 0 spiro atoms. The first-order valence-electron chi connectivity index (χ1n) is 6.87. The molecule has 3 N–H and O–H groups in total. The van der Waals surface area contributed by atoms with Crippen LogP contribution in [0, 0.1) is 0 Å². The van der Waals surface area contributed by atoms with E-state index in [1.165, 1.54) is 6.33 Å².